The lowest BCUT2D eigenvalue weighted by atomic mass is 10.2. The van der Waals surface area contributed by atoms with E-state index in [1.807, 2.05) is 0 Å². The molecular formula is C13H13ClFN3O2. The van der Waals surface area contributed by atoms with Crippen molar-refractivity contribution in [1.82, 2.24) is 9.78 Å². The number of hydrogen-bond donors (Lipinski definition) is 1. The van der Waals surface area contributed by atoms with E-state index in [1.54, 1.807) is 19.1 Å². The van der Waals surface area contributed by atoms with Crippen molar-refractivity contribution in [2.75, 3.05) is 12.3 Å². The van der Waals surface area contributed by atoms with Crippen LogP contribution in [0.4, 0.5) is 10.1 Å². The van der Waals surface area contributed by atoms with Crippen LogP contribution in [0.5, 0.6) is 0 Å². The second-order valence-corrected chi connectivity index (χ2v) is 4.52. The van der Waals surface area contributed by atoms with Gasteiger partial charge in [-0.25, -0.2) is 9.18 Å². The third-order valence-electron chi connectivity index (χ3n) is 2.61. The minimum atomic E-state index is -0.597. The number of halogens is 2. The van der Waals surface area contributed by atoms with Crippen LogP contribution in [0.25, 0.3) is 0 Å². The molecule has 7 heteroatoms. The topological polar surface area (TPSA) is 70.1 Å². The Bertz CT molecular complexity index is 643. The average molecular weight is 298 g/mol. The summed E-state index contributed by atoms with van der Waals surface area (Å²) in [5, 5.41) is 4.32. The van der Waals surface area contributed by atoms with Crippen LogP contribution in [0.1, 0.15) is 23.0 Å². The lowest BCUT2D eigenvalue weighted by Crippen LogP contribution is -2.09. The molecule has 5 nitrogen and oxygen atoms in total. The lowest BCUT2D eigenvalue weighted by molar-refractivity contribution is 0.0519. The first-order chi connectivity index (χ1) is 9.51. The second-order valence-electron chi connectivity index (χ2n) is 4.09. The standard InChI is InChI=1S/C13H13ClFN3O2/c1-2-20-13(19)12-11(16)7-18(17-12)6-8-3-4-9(14)5-10(8)15/h3-5,7H,2,6,16H2,1H3. The monoisotopic (exact) mass is 297 g/mol. The van der Waals surface area contributed by atoms with Crippen LogP contribution in [-0.2, 0) is 11.3 Å². The Morgan fingerprint density at radius 1 is 1.55 bits per heavy atom. The highest BCUT2D eigenvalue weighted by molar-refractivity contribution is 6.30. The van der Waals surface area contributed by atoms with Crippen molar-refractivity contribution in [2.45, 2.75) is 13.5 Å². The van der Waals surface area contributed by atoms with E-state index in [0.717, 1.165) is 0 Å². The van der Waals surface area contributed by atoms with Crippen LogP contribution in [0.3, 0.4) is 0 Å². The van der Waals surface area contributed by atoms with Crippen molar-refractivity contribution < 1.29 is 13.9 Å². The summed E-state index contributed by atoms with van der Waals surface area (Å²) in [5.74, 6) is -1.04. The van der Waals surface area contributed by atoms with Crippen molar-refractivity contribution in [2.24, 2.45) is 0 Å². The smallest absolute Gasteiger partial charge is 0.361 e. The third kappa shape index (κ3) is 3.08. The third-order valence-corrected chi connectivity index (χ3v) is 2.84. The van der Waals surface area contributed by atoms with E-state index in [1.165, 1.54) is 16.9 Å². The summed E-state index contributed by atoms with van der Waals surface area (Å²) >= 11 is 5.68. The molecule has 1 aromatic carbocycles. The number of nitrogen functional groups attached to an aromatic ring is 1. The van der Waals surface area contributed by atoms with Crippen molar-refractivity contribution in [3.05, 3.63) is 46.5 Å². The summed E-state index contributed by atoms with van der Waals surface area (Å²) in [4.78, 5) is 11.6. The summed E-state index contributed by atoms with van der Waals surface area (Å²) in [5.41, 5.74) is 6.31. The molecule has 0 fully saturated rings. The first-order valence-corrected chi connectivity index (χ1v) is 6.33. The van der Waals surface area contributed by atoms with Crippen LogP contribution >= 0.6 is 11.6 Å². The highest BCUT2D eigenvalue weighted by atomic mass is 35.5. The number of nitrogens with zero attached hydrogens (tertiary/aromatic N) is 2. The van der Waals surface area contributed by atoms with Gasteiger partial charge in [0.25, 0.3) is 0 Å². The maximum absolute atomic E-state index is 13.7. The molecule has 0 aliphatic carbocycles. The van der Waals surface area contributed by atoms with Gasteiger partial charge in [-0.2, -0.15) is 5.10 Å². The van der Waals surface area contributed by atoms with E-state index in [9.17, 15) is 9.18 Å². The van der Waals surface area contributed by atoms with Gasteiger partial charge in [-0.3, -0.25) is 4.68 Å². The van der Waals surface area contributed by atoms with Crippen LogP contribution in [0, 0.1) is 5.82 Å². The number of nitrogens with two attached hydrogens (primary N) is 1. The van der Waals surface area contributed by atoms with E-state index in [0.29, 0.717) is 10.6 Å². The zero-order valence-electron chi connectivity index (χ0n) is 10.8. The molecule has 2 aromatic rings. The Balaban J connectivity index is 2.22. The number of anilines is 1. The minimum absolute atomic E-state index is 0.0289. The fourth-order valence-corrected chi connectivity index (χ4v) is 1.86. The Hall–Kier alpha value is -2.08. The van der Waals surface area contributed by atoms with Gasteiger partial charge in [0.2, 0.25) is 0 Å². The van der Waals surface area contributed by atoms with Crippen LogP contribution in [0.15, 0.2) is 24.4 Å². The molecule has 0 aliphatic heterocycles. The fraction of sp³-hybridized carbons (Fsp3) is 0.231. The van der Waals surface area contributed by atoms with Crippen molar-refractivity contribution in [1.29, 1.82) is 0 Å². The number of aromatic nitrogens is 2. The largest absolute Gasteiger partial charge is 0.461 e. The molecule has 2 rings (SSSR count). The zero-order valence-corrected chi connectivity index (χ0v) is 11.5. The van der Waals surface area contributed by atoms with Crippen molar-refractivity contribution in [3.8, 4) is 0 Å². The number of carbonyl (C=O) groups excluding carboxylic acids is 1. The second kappa shape index (κ2) is 5.92. The zero-order chi connectivity index (χ0) is 14.7. The summed E-state index contributed by atoms with van der Waals surface area (Å²) < 4.78 is 19.9. The Morgan fingerprint density at radius 3 is 2.95 bits per heavy atom. The molecule has 0 aliphatic rings. The summed E-state index contributed by atoms with van der Waals surface area (Å²) in [6.07, 6.45) is 1.46. The molecule has 0 bridgehead atoms. The Labute approximate surface area is 120 Å². The molecule has 0 saturated carbocycles. The van der Waals surface area contributed by atoms with Crippen LogP contribution in [-0.4, -0.2) is 22.4 Å². The van der Waals surface area contributed by atoms with E-state index in [4.69, 9.17) is 22.1 Å². The summed E-state index contributed by atoms with van der Waals surface area (Å²) in [6.45, 7) is 2.07. The number of benzene rings is 1. The van der Waals surface area contributed by atoms with E-state index < -0.39 is 11.8 Å². The fourth-order valence-electron chi connectivity index (χ4n) is 1.70. The average Bonchev–Trinajstić information content (AvgIpc) is 2.74. The lowest BCUT2D eigenvalue weighted by Gasteiger charge is -2.03. The van der Waals surface area contributed by atoms with E-state index in [-0.39, 0.29) is 24.5 Å². The Kier molecular flexibility index (Phi) is 4.24. The molecule has 2 N–H and O–H groups in total. The molecule has 0 spiro atoms. The minimum Gasteiger partial charge on any atom is -0.461 e. The highest BCUT2D eigenvalue weighted by Crippen LogP contribution is 2.17. The molecule has 1 heterocycles. The van der Waals surface area contributed by atoms with Gasteiger partial charge in [0.15, 0.2) is 5.69 Å². The van der Waals surface area contributed by atoms with Gasteiger partial charge in [-0.15, -0.1) is 0 Å². The van der Waals surface area contributed by atoms with Gasteiger partial charge in [0.1, 0.15) is 5.82 Å². The maximum atomic E-state index is 13.7. The maximum Gasteiger partial charge on any atom is 0.361 e. The summed E-state index contributed by atoms with van der Waals surface area (Å²) in [6, 6.07) is 4.36. The summed E-state index contributed by atoms with van der Waals surface area (Å²) in [7, 11) is 0. The molecule has 0 unspecified atom stereocenters. The molecule has 0 atom stereocenters. The van der Waals surface area contributed by atoms with Gasteiger partial charge >= 0.3 is 5.97 Å². The van der Waals surface area contributed by atoms with Crippen molar-refractivity contribution in [3.63, 3.8) is 0 Å². The van der Waals surface area contributed by atoms with E-state index in [2.05, 4.69) is 5.10 Å². The van der Waals surface area contributed by atoms with Crippen molar-refractivity contribution >= 4 is 23.3 Å². The molecular weight excluding hydrogens is 285 g/mol. The Morgan fingerprint density at radius 2 is 2.30 bits per heavy atom. The number of ether oxygens (including phenoxy) is 1. The SMILES string of the molecule is CCOC(=O)c1nn(Cc2ccc(Cl)cc2F)cc1N. The number of hydrogen-bond acceptors (Lipinski definition) is 4. The highest BCUT2D eigenvalue weighted by Gasteiger charge is 2.16. The van der Waals surface area contributed by atoms with Crippen LogP contribution in [0.2, 0.25) is 5.02 Å². The predicted molar refractivity (Wildman–Crippen MR) is 73.1 cm³/mol. The normalized spacial score (nSPS) is 10.6. The molecule has 20 heavy (non-hydrogen) atoms. The van der Waals surface area contributed by atoms with Crippen LogP contribution < -0.4 is 5.73 Å². The first-order valence-electron chi connectivity index (χ1n) is 5.95. The molecule has 106 valence electrons. The van der Waals surface area contributed by atoms with Gasteiger partial charge in [0.05, 0.1) is 18.8 Å². The van der Waals surface area contributed by atoms with Gasteiger partial charge in [0, 0.05) is 16.8 Å². The number of rotatable bonds is 4. The number of esters is 1. The quantitative estimate of drug-likeness (QED) is 0.880. The molecule has 0 amide bonds. The molecule has 1 aromatic heterocycles. The predicted octanol–water partition coefficient (Wildman–Crippen LogP) is 2.48. The number of carbonyl (C=O) groups is 1. The van der Waals surface area contributed by atoms with Gasteiger partial charge in [-0.05, 0) is 19.1 Å². The first kappa shape index (κ1) is 14.3. The molecule has 0 radical (unpaired) electrons. The van der Waals surface area contributed by atoms with E-state index >= 15 is 0 Å². The van der Waals surface area contributed by atoms with Gasteiger partial charge in [-0.1, -0.05) is 17.7 Å². The van der Waals surface area contributed by atoms with Gasteiger partial charge < -0.3 is 10.5 Å². The molecule has 0 saturated heterocycles.